The molecule has 0 saturated carbocycles. The van der Waals surface area contributed by atoms with Gasteiger partial charge in [-0.25, -0.2) is 9.97 Å². The van der Waals surface area contributed by atoms with Gasteiger partial charge in [0.25, 0.3) is 0 Å². The average molecular weight is 447 g/mol. The Morgan fingerprint density at radius 2 is 1.36 bits per heavy atom. The fraction of sp³-hybridized carbons (Fsp3) is 0.200. The fourth-order valence-corrected chi connectivity index (χ4v) is 5.98. The Hall–Kier alpha value is -3.30. The molecular formula is C30H26N2S. The molecule has 33 heavy (non-hydrogen) atoms. The van der Waals surface area contributed by atoms with Crippen LogP contribution in [-0.4, -0.2) is 9.97 Å². The summed E-state index contributed by atoms with van der Waals surface area (Å²) in [5, 5.41) is 7.51. The Morgan fingerprint density at radius 3 is 2.09 bits per heavy atom. The van der Waals surface area contributed by atoms with Crippen molar-refractivity contribution in [2.45, 2.75) is 39.5 Å². The van der Waals surface area contributed by atoms with Gasteiger partial charge < -0.3 is 0 Å². The van der Waals surface area contributed by atoms with Crippen LogP contribution in [0, 0.1) is 0 Å². The standard InChI is InChI=1S/C30H26N2S/c1-17(2)21-13-14-24(23-12-8-7-11-22(21)23)28-27-25-15-19-9-5-6-10-20(19)16-26(25)33-30(27)32-29(31-28)18(3)4/h5-18H,1-4H3. The largest absolute Gasteiger partial charge is 0.232 e. The van der Waals surface area contributed by atoms with E-state index in [4.69, 9.17) is 9.97 Å². The van der Waals surface area contributed by atoms with Crippen molar-refractivity contribution in [2.75, 3.05) is 0 Å². The molecule has 2 heterocycles. The third kappa shape index (κ3) is 3.22. The Bertz CT molecular complexity index is 1670. The van der Waals surface area contributed by atoms with E-state index in [0.717, 1.165) is 16.3 Å². The van der Waals surface area contributed by atoms with Crippen molar-refractivity contribution in [3.63, 3.8) is 0 Å². The highest BCUT2D eigenvalue weighted by molar-refractivity contribution is 7.25. The van der Waals surface area contributed by atoms with Crippen molar-refractivity contribution in [3.8, 4) is 11.3 Å². The van der Waals surface area contributed by atoms with Crippen LogP contribution in [-0.2, 0) is 0 Å². The first-order valence-corrected chi connectivity index (χ1v) is 12.5. The third-order valence-corrected chi connectivity index (χ3v) is 7.61. The normalized spacial score (nSPS) is 12.2. The third-order valence-electron chi connectivity index (χ3n) is 6.57. The number of aromatic nitrogens is 2. The highest BCUT2D eigenvalue weighted by Crippen LogP contribution is 2.43. The fourth-order valence-electron chi connectivity index (χ4n) is 4.86. The summed E-state index contributed by atoms with van der Waals surface area (Å²) in [7, 11) is 0. The van der Waals surface area contributed by atoms with Crippen LogP contribution in [0.15, 0.2) is 72.8 Å². The SMILES string of the molecule is CC(C)c1nc(-c2ccc(C(C)C)c3ccccc23)c2c(n1)sc1cc3ccccc3cc12. The molecule has 0 aliphatic heterocycles. The molecule has 0 spiro atoms. The molecule has 2 aromatic heterocycles. The zero-order valence-electron chi connectivity index (χ0n) is 19.4. The van der Waals surface area contributed by atoms with Crippen LogP contribution in [0.4, 0.5) is 0 Å². The molecule has 6 rings (SSSR count). The lowest BCUT2D eigenvalue weighted by Gasteiger charge is -2.15. The summed E-state index contributed by atoms with van der Waals surface area (Å²) in [5.74, 6) is 1.64. The van der Waals surface area contributed by atoms with Crippen molar-refractivity contribution in [1.29, 1.82) is 0 Å². The molecule has 0 atom stereocenters. The van der Waals surface area contributed by atoms with Crippen molar-refractivity contribution in [2.24, 2.45) is 0 Å². The number of nitrogens with zero attached hydrogens (tertiary/aromatic N) is 2. The summed E-state index contributed by atoms with van der Waals surface area (Å²) in [6.45, 7) is 8.87. The van der Waals surface area contributed by atoms with Crippen LogP contribution in [0.3, 0.4) is 0 Å². The lowest BCUT2D eigenvalue weighted by Crippen LogP contribution is -2.00. The van der Waals surface area contributed by atoms with E-state index >= 15 is 0 Å². The summed E-state index contributed by atoms with van der Waals surface area (Å²) in [6.07, 6.45) is 0. The Balaban J connectivity index is 1.77. The van der Waals surface area contributed by atoms with E-state index in [-0.39, 0.29) is 5.92 Å². The highest BCUT2D eigenvalue weighted by atomic mass is 32.1. The van der Waals surface area contributed by atoms with Crippen molar-refractivity contribution >= 4 is 53.2 Å². The highest BCUT2D eigenvalue weighted by Gasteiger charge is 2.20. The Kier molecular flexibility index (Phi) is 4.70. The van der Waals surface area contributed by atoms with Crippen molar-refractivity contribution in [3.05, 3.63) is 84.2 Å². The van der Waals surface area contributed by atoms with Crippen LogP contribution < -0.4 is 0 Å². The number of hydrogen-bond acceptors (Lipinski definition) is 3. The number of thiophene rings is 1. The van der Waals surface area contributed by atoms with Crippen LogP contribution in [0.2, 0.25) is 0 Å². The molecule has 6 aromatic rings. The second kappa shape index (κ2) is 7.64. The van der Waals surface area contributed by atoms with E-state index in [2.05, 4.69) is 100 Å². The predicted octanol–water partition coefficient (Wildman–Crippen LogP) is 9.06. The van der Waals surface area contributed by atoms with E-state index in [1.165, 1.54) is 48.1 Å². The molecule has 0 N–H and O–H groups in total. The van der Waals surface area contributed by atoms with Crippen molar-refractivity contribution in [1.82, 2.24) is 9.97 Å². The maximum Gasteiger partial charge on any atom is 0.133 e. The van der Waals surface area contributed by atoms with Gasteiger partial charge in [0, 0.05) is 27.0 Å². The molecule has 3 heteroatoms. The maximum atomic E-state index is 5.19. The van der Waals surface area contributed by atoms with E-state index < -0.39 is 0 Å². The number of rotatable bonds is 3. The molecule has 0 aliphatic carbocycles. The topological polar surface area (TPSA) is 25.8 Å². The maximum absolute atomic E-state index is 5.19. The number of benzene rings is 4. The first-order valence-electron chi connectivity index (χ1n) is 11.7. The minimum Gasteiger partial charge on any atom is -0.232 e. The van der Waals surface area contributed by atoms with Gasteiger partial charge in [-0.15, -0.1) is 11.3 Å². The minimum absolute atomic E-state index is 0.263. The van der Waals surface area contributed by atoms with Gasteiger partial charge in [0.1, 0.15) is 10.7 Å². The van der Waals surface area contributed by atoms with Crippen LogP contribution in [0.1, 0.15) is 50.9 Å². The molecule has 0 saturated heterocycles. The lowest BCUT2D eigenvalue weighted by atomic mass is 9.91. The van der Waals surface area contributed by atoms with Gasteiger partial charge in [-0.1, -0.05) is 88.4 Å². The second-order valence-corrected chi connectivity index (χ2v) is 10.5. The molecule has 0 bridgehead atoms. The molecule has 162 valence electrons. The van der Waals surface area contributed by atoms with Crippen molar-refractivity contribution < 1.29 is 0 Å². The zero-order chi connectivity index (χ0) is 22.7. The van der Waals surface area contributed by atoms with Gasteiger partial charge in [0.2, 0.25) is 0 Å². The smallest absolute Gasteiger partial charge is 0.133 e. The molecule has 2 nitrogen and oxygen atoms in total. The quantitative estimate of drug-likeness (QED) is 0.271. The second-order valence-electron chi connectivity index (χ2n) is 9.47. The molecule has 0 amide bonds. The van der Waals surface area contributed by atoms with Gasteiger partial charge in [-0.05, 0) is 45.2 Å². The summed E-state index contributed by atoms with van der Waals surface area (Å²) >= 11 is 1.78. The van der Waals surface area contributed by atoms with Gasteiger partial charge in [-0.2, -0.15) is 0 Å². The van der Waals surface area contributed by atoms with Crippen LogP contribution >= 0.6 is 11.3 Å². The number of hydrogen-bond donors (Lipinski definition) is 0. The first kappa shape index (κ1) is 20.3. The van der Waals surface area contributed by atoms with Gasteiger partial charge in [0.05, 0.1) is 5.69 Å². The number of fused-ring (bicyclic) bond motifs is 5. The van der Waals surface area contributed by atoms with E-state index in [1.54, 1.807) is 11.3 Å². The summed E-state index contributed by atoms with van der Waals surface area (Å²) < 4.78 is 1.27. The monoisotopic (exact) mass is 446 g/mol. The van der Waals surface area contributed by atoms with Gasteiger partial charge in [-0.3, -0.25) is 0 Å². The lowest BCUT2D eigenvalue weighted by molar-refractivity contribution is 0.786. The van der Waals surface area contributed by atoms with Gasteiger partial charge in [0.15, 0.2) is 0 Å². The van der Waals surface area contributed by atoms with Crippen LogP contribution in [0.5, 0.6) is 0 Å². The summed E-state index contributed by atoms with van der Waals surface area (Å²) in [5.41, 5.74) is 3.62. The molecule has 4 aromatic carbocycles. The van der Waals surface area contributed by atoms with Crippen LogP contribution in [0.25, 0.3) is 53.1 Å². The average Bonchev–Trinajstić information content (AvgIpc) is 3.18. The summed E-state index contributed by atoms with van der Waals surface area (Å²) in [6, 6.07) is 26.5. The van der Waals surface area contributed by atoms with E-state index in [9.17, 15) is 0 Å². The minimum atomic E-state index is 0.263. The molecule has 0 unspecified atom stereocenters. The Morgan fingerprint density at radius 1 is 0.667 bits per heavy atom. The summed E-state index contributed by atoms with van der Waals surface area (Å²) in [4.78, 5) is 11.3. The molecular weight excluding hydrogens is 420 g/mol. The Labute approximate surface area is 197 Å². The van der Waals surface area contributed by atoms with E-state index in [1.807, 2.05) is 0 Å². The zero-order valence-corrected chi connectivity index (χ0v) is 20.2. The predicted molar refractivity (Wildman–Crippen MR) is 144 cm³/mol. The van der Waals surface area contributed by atoms with Gasteiger partial charge >= 0.3 is 0 Å². The molecule has 0 fully saturated rings. The van der Waals surface area contributed by atoms with E-state index in [0.29, 0.717) is 5.92 Å². The molecule has 0 radical (unpaired) electrons. The molecule has 0 aliphatic rings. The first-order chi connectivity index (χ1) is 16.0.